The van der Waals surface area contributed by atoms with E-state index in [1.807, 2.05) is 39.8 Å². The molecule has 0 aliphatic carbocycles. The quantitative estimate of drug-likeness (QED) is 0.666. The van der Waals surface area contributed by atoms with Gasteiger partial charge in [0, 0.05) is 19.3 Å². The number of carboxylic acid groups (broad SMARTS) is 1. The summed E-state index contributed by atoms with van der Waals surface area (Å²) in [6, 6.07) is 3.80. The third-order valence-electron chi connectivity index (χ3n) is 3.20. The Bertz CT molecular complexity index is 577. The molecule has 1 aromatic rings. The molecule has 0 aromatic heterocycles. The van der Waals surface area contributed by atoms with Gasteiger partial charge in [0.05, 0.1) is 13.0 Å². The van der Waals surface area contributed by atoms with Crippen LogP contribution in [-0.2, 0) is 27.3 Å². The Balaban J connectivity index is 2.73. The van der Waals surface area contributed by atoms with Crippen molar-refractivity contribution < 1.29 is 19.4 Å². The third kappa shape index (κ3) is 6.69. The largest absolute Gasteiger partial charge is 0.481 e. The van der Waals surface area contributed by atoms with E-state index in [9.17, 15) is 9.59 Å². The summed E-state index contributed by atoms with van der Waals surface area (Å²) in [6.07, 6.45) is -0.0274. The highest BCUT2D eigenvalue weighted by atomic mass is 16.6. The monoisotopic (exact) mass is 322 g/mol. The summed E-state index contributed by atoms with van der Waals surface area (Å²) in [5.41, 5.74) is 2.98. The number of nitrogens with one attached hydrogen (secondary N) is 2. The van der Waals surface area contributed by atoms with Gasteiger partial charge in [0.25, 0.3) is 0 Å². The molecule has 23 heavy (non-hydrogen) atoms. The van der Waals surface area contributed by atoms with Gasteiger partial charge in [0.2, 0.25) is 0 Å². The Morgan fingerprint density at radius 2 is 1.91 bits per heavy atom. The predicted octanol–water partition coefficient (Wildman–Crippen LogP) is 2.10. The molecule has 0 radical (unpaired) electrons. The minimum atomic E-state index is -0.867. The number of carbonyl (C=O) groups excluding carboxylic acids is 1. The van der Waals surface area contributed by atoms with E-state index >= 15 is 0 Å². The Hall–Kier alpha value is -2.08. The lowest BCUT2D eigenvalue weighted by Gasteiger charge is -2.19. The topological polar surface area (TPSA) is 87.7 Å². The summed E-state index contributed by atoms with van der Waals surface area (Å²) in [5.74, 6) is -1.18. The molecule has 0 aliphatic rings. The van der Waals surface area contributed by atoms with Crippen LogP contribution in [0.25, 0.3) is 0 Å². The SMILES string of the molecule is CNc1cc(CNCC(=O)OC(C)(C)C)cc(CC(=O)O)c1C. The molecule has 0 saturated carbocycles. The normalized spacial score (nSPS) is 11.2. The Kier molecular flexibility index (Phi) is 6.57. The van der Waals surface area contributed by atoms with E-state index in [4.69, 9.17) is 9.84 Å². The van der Waals surface area contributed by atoms with Gasteiger partial charge in [0.15, 0.2) is 0 Å². The highest BCUT2D eigenvalue weighted by molar-refractivity contribution is 5.73. The number of hydrogen-bond acceptors (Lipinski definition) is 5. The summed E-state index contributed by atoms with van der Waals surface area (Å²) in [7, 11) is 1.80. The number of carbonyl (C=O) groups is 2. The van der Waals surface area contributed by atoms with Crippen molar-refractivity contribution in [2.45, 2.75) is 46.3 Å². The molecule has 0 saturated heterocycles. The van der Waals surface area contributed by atoms with Crippen LogP contribution in [0.5, 0.6) is 0 Å². The average Bonchev–Trinajstić information content (AvgIpc) is 2.39. The third-order valence-corrected chi connectivity index (χ3v) is 3.20. The van der Waals surface area contributed by atoms with Crippen LogP contribution in [0, 0.1) is 6.92 Å². The van der Waals surface area contributed by atoms with Gasteiger partial charge in [-0.05, 0) is 50.5 Å². The van der Waals surface area contributed by atoms with Crippen LogP contribution in [0.2, 0.25) is 0 Å². The van der Waals surface area contributed by atoms with Crippen LogP contribution in [0.3, 0.4) is 0 Å². The van der Waals surface area contributed by atoms with Crippen molar-refractivity contribution in [3.05, 3.63) is 28.8 Å². The lowest BCUT2D eigenvalue weighted by molar-refractivity contribution is -0.153. The molecule has 6 heteroatoms. The number of esters is 1. The summed E-state index contributed by atoms with van der Waals surface area (Å²) in [6.45, 7) is 7.92. The van der Waals surface area contributed by atoms with Crippen molar-refractivity contribution >= 4 is 17.6 Å². The minimum absolute atomic E-state index is 0.0274. The molecule has 0 aliphatic heterocycles. The number of ether oxygens (including phenoxy) is 1. The van der Waals surface area contributed by atoms with Gasteiger partial charge < -0.3 is 20.5 Å². The fourth-order valence-corrected chi connectivity index (χ4v) is 2.24. The van der Waals surface area contributed by atoms with Gasteiger partial charge in [-0.15, -0.1) is 0 Å². The highest BCUT2D eigenvalue weighted by Gasteiger charge is 2.16. The molecule has 1 aromatic carbocycles. The van der Waals surface area contributed by atoms with Crippen molar-refractivity contribution in [1.82, 2.24) is 5.32 Å². The molecule has 0 bridgehead atoms. The van der Waals surface area contributed by atoms with E-state index in [0.717, 1.165) is 22.4 Å². The molecule has 0 unspecified atom stereocenters. The first-order chi connectivity index (χ1) is 10.6. The molecular formula is C17H26N2O4. The summed E-state index contributed by atoms with van der Waals surface area (Å²) in [5, 5.41) is 15.1. The zero-order valence-electron chi connectivity index (χ0n) is 14.4. The smallest absolute Gasteiger partial charge is 0.320 e. The lowest BCUT2D eigenvalue weighted by atomic mass is 10.00. The highest BCUT2D eigenvalue weighted by Crippen LogP contribution is 2.22. The van der Waals surface area contributed by atoms with Crippen molar-refractivity contribution in [1.29, 1.82) is 0 Å². The Morgan fingerprint density at radius 1 is 1.26 bits per heavy atom. The standard InChI is InChI=1S/C17H26N2O4/c1-11-13(8-15(20)21)6-12(7-14(11)18-5)9-19-10-16(22)23-17(2,3)4/h6-7,18-19H,8-10H2,1-5H3,(H,20,21). The molecule has 0 spiro atoms. The molecule has 3 N–H and O–H groups in total. The molecule has 128 valence electrons. The lowest BCUT2D eigenvalue weighted by Crippen LogP contribution is -2.31. The molecule has 0 fully saturated rings. The molecule has 1 rings (SSSR count). The number of aliphatic carboxylic acids is 1. The number of rotatable bonds is 7. The molecule has 0 heterocycles. The van der Waals surface area contributed by atoms with E-state index in [0.29, 0.717) is 6.54 Å². The number of hydrogen-bond donors (Lipinski definition) is 3. The van der Waals surface area contributed by atoms with Gasteiger partial charge >= 0.3 is 11.9 Å². The first-order valence-corrected chi connectivity index (χ1v) is 7.57. The van der Waals surface area contributed by atoms with Crippen LogP contribution in [-0.4, -0.2) is 36.2 Å². The minimum Gasteiger partial charge on any atom is -0.481 e. The first-order valence-electron chi connectivity index (χ1n) is 7.57. The van der Waals surface area contributed by atoms with Gasteiger partial charge in [-0.2, -0.15) is 0 Å². The molecule has 0 amide bonds. The van der Waals surface area contributed by atoms with Crippen molar-refractivity contribution in [3.8, 4) is 0 Å². The Morgan fingerprint density at radius 3 is 2.43 bits per heavy atom. The van der Waals surface area contributed by atoms with E-state index in [1.54, 1.807) is 7.05 Å². The first kappa shape index (κ1) is 19.0. The van der Waals surface area contributed by atoms with Crippen LogP contribution in [0.4, 0.5) is 5.69 Å². The molecular weight excluding hydrogens is 296 g/mol. The second kappa shape index (κ2) is 7.97. The zero-order valence-corrected chi connectivity index (χ0v) is 14.4. The van der Waals surface area contributed by atoms with Crippen LogP contribution in [0.15, 0.2) is 12.1 Å². The number of benzene rings is 1. The van der Waals surface area contributed by atoms with Gasteiger partial charge in [0.1, 0.15) is 5.60 Å². The average molecular weight is 322 g/mol. The van der Waals surface area contributed by atoms with Crippen LogP contribution >= 0.6 is 0 Å². The van der Waals surface area contributed by atoms with Gasteiger partial charge in [-0.1, -0.05) is 6.07 Å². The number of carboxylic acids is 1. The second-order valence-electron chi connectivity index (χ2n) is 6.44. The number of anilines is 1. The summed E-state index contributed by atoms with van der Waals surface area (Å²) >= 11 is 0. The van der Waals surface area contributed by atoms with E-state index < -0.39 is 11.6 Å². The van der Waals surface area contributed by atoms with Crippen LogP contribution in [0.1, 0.15) is 37.5 Å². The summed E-state index contributed by atoms with van der Waals surface area (Å²) < 4.78 is 5.22. The van der Waals surface area contributed by atoms with Crippen LogP contribution < -0.4 is 10.6 Å². The van der Waals surface area contributed by atoms with E-state index in [-0.39, 0.29) is 18.9 Å². The van der Waals surface area contributed by atoms with E-state index in [1.165, 1.54) is 0 Å². The summed E-state index contributed by atoms with van der Waals surface area (Å²) in [4.78, 5) is 22.6. The maximum atomic E-state index is 11.7. The van der Waals surface area contributed by atoms with Crippen molar-refractivity contribution in [3.63, 3.8) is 0 Å². The molecule has 0 atom stereocenters. The predicted molar refractivity (Wildman–Crippen MR) is 89.6 cm³/mol. The van der Waals surface area contributed by atoms with Crippen molar-refractivity contribution in [2.24, 2.45) is 0 Å². The van der Waals surface area contributed by atoms with E-state index in [2.05, 4.69) is 10.6 Å². The fraction of sp³-hybridized carbons (Fsp3) is 0.529. The maximum Gasteiger partial charge on any atom is 0.320 e. The molecule has 6 nitrogen and oxygen atoms in total. The van der Waals surface area contributed by atoms with Crippen molar-refractivity contribution in [2.75, 3.05) is 18.9 Å². The van der Waals surface area contributed by atoms with Gasteiger partial charge in [-0.3, -0.25) is 9.59 Å². The zero-order chi connectivity index (χ0) is 17.6. The second-order valence-corrected chi connectivity index (χ2v) is 6.44. The van der Waals surface area contributed by atoms with Gasteiger partial charge in [-0.25, -0.2) is 0 Å². The Labute approximate surface area is 137 Å². The fourth-order valence-electron chi connectivity index (χ4n) is 2.24. The maximum absolute atomic E-state index is 11.7.